The molecule has 1 saturated heterocycles. The molecule has 0 aromatic carbocycles. The van der Waals surface area contributed by atoms with Crippen LogP contribution in [0.1, 0.15) is 40.1 Å². The number of nitrogens with one attached hydrogen (secondary N) is 1. The number of ether oxygens (including phenoxy) is 1. The van der Waals surface area contributed by atoms with Gasteiger partial charge in [-0.05, 0) is 37.7 Å². The Balaban J connectivity index is 1.51. The molecular formula is C15H19NO5S2. The Labute approximate surface area is 139 Å². The molecule has 0 radical (unpaired) electrons. The third-order valence-electron chi connectivity index (χ3n) is 4.21. The smallest absolute Gasteiger partial charge is 0.339 e. The Morgan fingerprint density at radius 1 is 1.30 bits per heavy atom. The molecule has 2 heterocycles. The number of esters is 1. The monoisotopic (exact) mass is 357 g/mol. The minimum absolute atomic E-state index is 0.0370. The average molecular weight is 357 g/mol. The summed E-state index contributed by atoms with van der Waals surface area (Å²) in [5.41, 5.74) is 1.63. The van der Waals surface area contributed by atoms with E-state index >= 15 is 0 Å². The molecule has 2 aliphatic rings. The number of sulfone groups is 1. The second-order valence-electron chi connectivity index (χ2n) is 6.00. The Bertz CT molecular complexity index is 722. The topological polar surface area (TPSA) is 89.5 Å². The normalized spacial score (nSPS) is 22.3. The largest absolute Gasteiger partial charge is 0.452 e. The zero-order chi connectivity index (χ0) is 16.4. The van der Waals surface area contributed by atoms with Crippen LogP contribution >= 0.6 is 11.3 Å². The fourth-order valence-corrected chi connectivity index (χ4v) is 5.84. The van der Waals surface area contributed by atoms with E-state index in [1.807, 2.05) is 0 Å². The van der Waals surface area contributed by atoms with Crippen molar-refractivity contribution in [2.45, 2.75) is 38.1 Å². The van der Waals surface area contributed by atoms with Gasteiger partial charge in [0.15, 0.2) is 16.4 Å². The van der Waals surface area contributed by atoms with E-state index in [2.05, 4.69) is 5.32 Å². The van der Waals surface area contributed by atoms with E-state index in [0.717, 1.165) is 31.2 Å². The summed E-state index contributed by atoms with van der Waals surface area (Å²) in [5, 5.41) is 4.41. The Kier molecular flexibility index (Phi) is 4.72. The van der Waals surface area contributed by atoms with Gasteiger partial charge in [0.05, 0.1) is 17.1 Å². The highest BCUT2D eigenvalue weighted by Gasteiger charge is 2.29. The number of hydrogen-bond donors (Lipinski definition) is 1. The van der Waals surface area contributed by atoms with Crippen molar-refractivity contribution in [3.05, 3.63) is 21.4 Å². The summed E-state index contributed by atoms with van der Waals surface area (Å²) < 4.78 is 27.8. The zero-order valence-electron chi connectivity index (χ0n) is 12.7. The summed E-state index contributed by atoms with van der Waals surface area (Å²) in [7, 11) is -3.04. The van der Waals surface area contributed by atoms with Gasteiger partial charge >= 0.3 is 5.97 Å². The molecular weight excluding hydrogens is 338 g/mol. The van der Waals surface area contributed by atoms with E-state index < -0.39 is 21.7 Å². The van der Waals surface area contributed by atoms with Crippen LogP contribution in [-0.4, -0.2) is 44.4 Å². The molecule has 0 bridgehead atoms. The van der Waals surface area contributed by atoms with Gasteiger partial charge in [-0.15, -0.1) is 11.3 Å². The van der Waals surface area contributed by atoms with Gasteiger partial charge in [0, 0.05) is 16.3 Å². The lowest BCUT2D eigenvalue weighted by molar-refractivity contribution is -0.124. The second-order valence-corrected chi connectivity index (χ2v) is 9.19. The van der Waals surface area contributed by atoms with Crippen molar-refractivity contribution < 1.29 is 22.7 Å². The second kappa shape index (κ2) is 6.60. The van der Waals surface area contributed by atoms with E-state index in [4.69, 9.17) is 4.74 Å². The predicted molar refractivity (Wildman–Crippen MR) is 86.4 cm³/mol. The first kappa shape index (κ1) is 16.4. The van der Waals surface area contributed by atoms with Crippen LogP contribution in [0.3, 0.4) is 0 Å². The minimum atomic E-state index is -3.04. The van der Waals surface area contributed by atoms with Crippen LogP contribution in [0.25, 0.3) is 0 Å². The summed E-state index contributed by atoms with van der Waals surface area (Å²) in [6.45, 7) is -0.375. The Morgan fingerprint density at radius 2 is 2.09 bits per heavy atom. The fraction of sp³-hybridized carbons (Fsp3) is 0.600. The van der Waals surface area contributed by atoms with Crippen LogP contribution in [-0.2, 0) is 32.2 Å². The van der Waals surface area contributed by atoms with Gasteiger partial charge in [0.25, 0.3) is 5.91 Å². The van der Waals surface area contributed by atoms with Gasteiger partial charge in [-0.2, -0.15) is 0 Å². The van der Waals surface area contributed by atoms with Crippen molar-refractivity contribution in [2.75, 3.05) is 18.1 Å². The molecule has 1 aromatic rings. The van der Waals surface area contributed by atoms with E-state index in [1.54, 1.807) is 16.7 Å². The first-order valence-electron chi connectivity index (χ1n) is 7.71. The SMILES string of the molecule is O=C(COC(=O)c1csc2c1CCCC2)N[C@H]1CCS(=O)(=O)C1. The molecule has 0 spiro atoms. The molecule has 6 nitrogen and oxygen atoms in total. The number of rotatable bonds is 4. The van der Waals surface area contributed by atoms with Gasteiger partial charge in [0.2, 0.25) is 0 Å². The predicted octanol–water partition coefficient (Wildman–Crippen LogP) is 1.09. The lowest BCUT2D eigenvalue weighted by atomic mass is 9.96. The Morgan fingerprint density at radius 3 is 2.83 bits per heavy atom. The summed E-state index contributed by atoms with van der Waals surface area (Å²) >= 11 is 1.57. The molecule has 0 saturated carbocycles. The number of aryl methyl sites for hydroxylation is 1. The number of thiophene rings is 1. The third kappa shape index (κ3) is 3.92. The number of carbonyl (C=O) groups is 2. The Hall–Kier alpha value is -1.41. The van der Waals surface area contributed by atoms with Gasteiger partial charge in [0.1, 0.15) is 0 Å². The van der Waals surface area contributed by atoms with Crippen LogP contribution in [0, 0.1) is 0 Å². The molecule has 1 atom stereocenters. The fourth-order valence-electron chi connectivity index (χ4n) is 3.05. The average Bonchev–Trinajstić information content (AvgIpc) is 3.08. The molecule has 126 valence electrons. The van der Waals surface area contributed by atoms with E-state index in [-0.39, 0.29) is 24.2 Å². The van der Waals surface area contributed by atoms with Crippen LogP contribution in [0.2, 0.25) is 0 Å². The van der Waals surface area contributed by atoms with Gasteiger partial charge in [-0.3, -0.25) is 4.79 Å². The minimum Gasteiger partial charge on any atom is -0.452 e. The van der Waals surface area contributed by atoms with Crippen molar-refractivity contribution in [1.29, 1.82) is 0 Å². The molecule has 1 aromatic heterocycles. The molecule has 23 heavy (non-hydrogen) atoms. The summed E-state index contributed by atoms with van der Waals surface area (Å²) in [6.07, 6.45) is 4.52. The van der Waals surface area contributed by atoms with E-state index in [1.165, 1.54) is 4.88 Å². The molecule has 1 aliphatic heterocycles. The van der Waals surface area contributed by atoms with Gasteiger partial charge in [-0.25, -0.2) is 13.2 Å². The first-order chi connectivity index (χ1) is 10.9. The summed E-state index contributed by atoms with van der Waals surface area (Å²) in [4.78, 5) is 25.2. The molecule has 3 rings (SSSR count). The quantitative estimate of drug-likeness (QED) is 0.815. The molecule has 8 heteroatoms. The van der Waals surface area contributed by atoms with Gasteiger partial charge in [-0.1, -0.05) is 0 Å². The standard InChI is InChI=1S/C15H19NO5S2/c17-14(16-10-5-6-23(19,20)9-10)7-21-15(18)12-8-22-13-4-2-1-3-11(12)13/h8,10H,1-7,9H2,(H,16,17)/t10-/m0/s1. The van der Waals surface area contributed by atoms with Crippen molar-refractivity contribution in [1.82, 2.24) is 5.32 Å². The van der Waals surface area contributed by atoms with Crippen molar-refractivity contribution >= 4 is 33.1 Å². The highest BCUT2D eigenvalue weighted by Crippen LogP contribution is 2.30. The number of hydrogen-bond acceptors (Lipinski definition) is 6. The highest BCUT2D eigenvalue weighted by atomic mass is 32.2. The van der Waals surface area contributed by atoms with Crippen molar-refractivity contribution in [3.63, 3.8) is 0 Å². The van der Waals surface area contributed by atoms with Crippen molar-refractivity contribution in [3.8, 4) is 0 Å². The van der Waals surface area contributed by atoms with Crippen molar-refractivity contribution in [2.24, 2.45) is 0 Å². The number of amides is 1. The number of carbonyl (C=O) groups excluding carboxylic acids is 2. The van der Waals surface area contributed by atoms with Gasteiger partial charge < -0.3 is 10.1 Å². The van der Waals surface area contributed by atoms with E-state index in [0.29, 0.717) is 12.0 Å². The van der Waals surface area contributed by atoms with Crippen LogP contribution in [0.5, 0.6) is 0 Å². The molecule has 1 N–H and O–H groups in total. The summed E-state index contributed by atoms with van der Waals surface area (Å²) in [6, 6.07) is -0.375. The maximum atomic E-state index is 12.1. The van der Waals surface area contributed by atoms with Crippen LogP contribution in [0.15, 0.2) is 5.38 Å². The third-order valence-corrected chi connectivity index (χ3v) is 7.07. The zero-order valence-corrected chi connectivity index (χ0v) is 14.3. The lowest BCUT2D eigenvalue weighted by Crippen LogP contribution is -2.38. The van der Waals surface area contributed by atoms with E-state index in [9.17, 15) is 18.0 Å². The molecule has 1 amide bonds. The summed E-state index contributed by atoms with van der Waals surface area (Å²) in [5.74, 6) is -0.869. The lowest BCUT2D eigenvalue weighted by Gasteiger charge is -2.13. The molecule has 0 unspecified atom stereocenters. The molecule has 1 aliphatic carbocycles. The maximum Gasteiger partial charge on any atom is 0.339 e. The van der Waals surface area contributed by atoms with Crippen LogP contribution in [0.4, 0.5) is 0 Å². The first-order valence-corrected chi connectivity index (χ1v) is 10.4. The number of fused-ring (bicyclic) bond motifs is 1. The maximum absolute atomic E-state index is 12.1. The highest BCUT2D eigenvalue weighted by molar-refractivity contribution is 7.91. The molecule has 1 fully saturated rings. The van der Waals surface area contributed by atoms with Crippen LogP contribution < -0.4 is 5.32 Å².